The van der Waals surface area contributed by atoms with Gasteiger partial charge in [0, 0.05) is 5.56 Å². The van der Waals surface area contributed by atoms with E-state index in [2.05, 4.69) is 0 Å². The van der Waals surface area contributed by atoms with Gasteiger partial charge in [-0.05, 0) is 66.1 Å². The average molecular weight is 651 g/mol. The Hall–Kier alpha value is -5.48. The molecule has 6 rings (SSSR count). The largest absolute Gasteiger partial charge is 0.493 e. The first kappa shape index (κ1) is 31.5. The number of rotatable bonds is 10. The zero-order valence-electron chi connectivity index (χ0n) is 25.9. The van der Waals surface area contributed by atoms with Gasteiger partial charge in [0.1, 0.15) is 18.2 Å². The molecule has 1 aromatic heterocycles. The van der Waals surface area contributed by atoms with Crippen LogP contribution in [0.1, 0.15) is 35.2 Å². The number of hydrogen-bond acceptors (Lipinski definition) is 8. The van der Waals surface area contributed by atoms with Gasteiger partial charge in [-0.2, -0.15) is 0 Å². The van der Waals surface area contributed by atoms with Gasteiger partial charge < -0.3 is 18.9 Å². The summed E-state index contributed by atoms with van der Waals surface area (Å²) in [5.74, 6) is 0.669. The van der Waals surface area contributed by atoms with Crippen molar-refractivity contribution in [3.63, 3.8) is 0 Å². The molecule has 0 fully saturated rings. The van der Waals surface area contributed by atoms with Gasteiger partial charge in [-0.3, -0.25) is 9.36 Å². The zero-order valence-corrected chi connectivity index (χ0v) is 26.8. The van der Waals surface area contributed by atoms with Crippen molar-refractivity contribution < 1.29 is 28.1 Å². The second-order valence-electron chi connectivity index (χ2n) is 10.5. The fraction of sp³-hybridized carbons (Fsp3) is 0.162. The normalized spacial score (nSPS) is 14.3. The monoisotopic (exact) mass is 650 g/mol. The van der Waals surface area contributed by atoms with Crippen LogP contribution in [-0.4, -0.2) is 31.4 Å². The van der Waals surface area contributed by atoms with Crippen LogP contribution in [-0.2, 0) is 16.1 Å². The average Bonchev–Trinajstić information content (AvgIpc) is 3.41. The van der Waals surface area contributed by atoms with E-state index in [-0.39, 0.29) is 30.2 Å². The molecule has 238 valence electrons. The van der Waals surface area contributed by atoms with Crippen LogP contribution in [0.5, 0.6) is 17.2 Å². The van der Waals surface area contributed by atoms with E-state index >= 15 is 0 Å². The first-order chi connectivity index (χ1) is 22.9. The van der Waals surface area contributed by atoms with Gasteiger partial charge in [0.15, 0.2) is 16.3 Å². The Kier molecular flexibility index (Phi) is 9.30. The lowest BCUT2D eigenvalue weighted by atomic mass is 9.93. The third kappa shape index (κ3) is 6.59. The number of carbonyl (C=O) groups is 1. The quantitative estimate of drug-likeness (QED) is 0.181. The van der Waals surface area contributed by atoms with Gasteiger partial charge in [0.25, 0.3) is 5.56 Å². The Labute approximate surface area is 274 Å². The number of nitrogens with zero attached hydrogens (tertiary/aromatic N) is 2. The molecule has 0 amide bonds. The molecule has 0 bridgehead atoms. The van der Waals surface area contributed by atoms with Gasteiger partial charge in [-0.1, -0.05) is 72.0 Å². The van der Waals surface area contributed by atoms with Crippen molar-refractivity contribution in [1.82, 2.24) is 4.57 Å². The Balaban J connectivity index is 1.50. The van der Waals surface area contributed by atoms with E-state index < -0.39 is 12.0 Å². The summed E-state index contributed by atoms with van der Waals surface area (Å²) in [4.78, 5) is 33.3. The van der Waals surface area contributed by atoms with Crippen molar-refractivity contribution >= 4 is 29.1 Å². The van der Waals surface area contributed by atoms with Gasteiger partial charge in [0.05, 0.1) is 42.7 Å². The fourth-order valence-electron chi connectivity index (χ4n) is 5.37. The molecule has 1 aliphatic rings. The maximum absolute atomic E-state index is 14.3. The Bertz CT molecular complexity index is 2140. The molecule has 0 spiro atoms. The molecule has 2 heterocycles. The van der Waals surface area contributed by atoms with Crippen LogP contribution in [0.2, 0.25) is 0 Å². The van der Waals surface area contributed by atoms with E-state index in [1.54, 1.807) is 50.4 Å². The summed E-state index contributed by atoms with van der Waals surface area (Å²) >= 11 is 1.23. The minimum Gasteiger partial charge on any atom is -0.493 e. The third-order valence-electron chi connectivity index (χ3n) is 7.57. The molecule has 8 nitrogen and oxygen atoms in total. The van der Waals surface area contributed by atoms with Crippen molar-refractivity contribution in [3.05, 3.63) is 150 Å². The molecule has 0 aliphatic carbocycles. The van der Waals surface area contributed by atoms with Crippen molar-refractivity contribution in [3.8, 4) is 17.2 Å². The lowest BCUT2D eigenvalue weighted by molar-refractivity contribution is -0.138. The summed E-state index contributed by atoms with van der Waals surface area (Å²) in [5.41, 5.74) is 3.24. The number of ether oxygens (including phenoxy) is 4. The van der Waals surface area contributed by atoms with Crippen LogP contribution < -0.4 is 29.1 Å². The van der Waals surface area contributed by atoms with Crippen LogP contribution in [0, 0.1) is 5.82 Å². The smallest absolute Gasteiger partial charge is 0.338 e. The second-order valence-corrected chi connectivity index (χ2v) is 11.5. The SMILES string of the molecule is CCOC(=O)C1=C(c2ccccc2)N=c2s/c(=C\c3cccc(OCc4ccc(F)cc4)c3)c(=O)n2[C@@H]1c1ccc(OC)c(OC)c1. The number of benzene rings is 4. The van der Waals surface area contributed by atoms with Crippen LogP contribution >= 0.6 is 11.3 Å². The van der Waals surface area contributed by atoms with Crippen LogP contribution in [0.3, 0.4) is 0 Å². The summed E-state index contributed by atoms with van der Waals surface area (Å²) in [6.45, 7) is 2.14. The van der Waals surface area contributed by atoms with E-state index in [0.717, 1.165) is 11.1 Å². The number of esters is 1. The number of hydrogen-bond donors (Lipinski definition) is 0. The first-order valence-electron chi connectivity index (χ1n) is 14.9. The highest BCUT2D eigenvalue weighted by molar-refractivity contribution is 7.07. The zero-order chi connectivity index (χ0) is 32.9. The summed E-state index contributed by atoms with van der Waals surface area (Å²) in [5, 5.41) is 0. The highest BCUT2D eigenvalue weighted by Crippen LogP contribution is 2.38. The number of carbonyl (C=O) groups excluding carboxylic acids is 1. The Morgan fingerprint density at radius 2 is 1.70 bits per heavy atom. The van der Waals surface area contributed by atoms with E-state index in [4.69, 9.17) is 23.9 Å². The van der Waals surface area contributed by atoms with Crippen LogP contribution in [0.15, 0.2) is 112 Å². The molecule has 0 N–H and O–H groups in total. The molecule has 47 heavy (non-hydrogen) atoms. The lowest BCUT2D eigenvalue weighted by Gasteiger charge is -2.26. The van der Waals surface area contributed by atoms with Gasteiger partial charge >= 0.3 is 5.97 Å². The molecule has 0 saturated carbocycles. The minimum atomic E-state index is -0.868. The Morgan fingerprint density at radius 3 is 2.43 bits per heavy atom. The number of thiazole rings is 1. The van der Waals surface area contributed by atoms with Gasteiger partial charge in [0.2, 0.25) is 0 Å². The highest BCUT2D eigenvalue weighted by Gasteiger charge is 2.35. The van der Waals surface area contributed by atoms with Crippen molar-refractivity contribution in [1.29, 1.82) is 0 Å². The standard InChI is InChI=1S/C37H31FN2O6S/c1-4-45-36(42)32-33(25-10-6-5-7-11-25)39-37-40(34(32)26-15-18-29(43-2)30(21-26)44-3)35(41)31(47-37)20-24-9-8-12-28(19-24)46-22-23-13-16-27(38)17-14-23/h5-21,34H,4,22H2,1-3H3/b31-20-/t34-/m1/s1. The summed E-state index contributed by atoms with van der Waals surface area (Å²) < 4.78 is 37.8. The molecule has 4 aromatic carbocycles. The molecule has 0 saturated heterocycles. The van der Waals surface area contributed by atoms with Crippen molar-refractivity contribution in [2.75, 3.05) is 20.8 Å². The predicted molar refractivity (Wildman–Crippen MR) is 178 cm³/mol. The molecule has 1 atom stereocenters. The molecular weight excluding hydrogens is 619 g/mol. The number of aromatic nitrogens is 1. The van der Waals surface area contributed by atoms with E-state index in [1.165, 1.54) is 35.1 Å². The number of methoxy groups -OCH3 is 2. The lowest BCUT2D eigenvalue weighted by Crippen LogP contribution is -2.40. The number of halogens is 1. The molecule has 0 unspecified atom stereocenters. The highest BCUT2D eigenvalue weighted by atomic mass is 32.1. The van der Waals surface area contributed by atoms with Gasteiger partial charge in [-0.25, -0.2) is 14.2 Å². The maximum atomic E-state index is 14.3. The molecular formula is C37H31FN2O6S. The van der Waals surface area contributed by atoms with E-state index in [0.29, 0.717) is 43.4 Å². The van der Waals surface area contributed by atoms with Gasteiger partial charge in [-0.15, -0.1) is 0 Å². The first-order valence-corrected chi connectivity index (χ1v) is 15.7. The van der Waals surface area contributed by atoms with Crippen molar-refractivity contribution in [2.45, 2.75) is 19.6 Å². The minimum absolute atomic E-state index is 0.146. The maximum Gasteiger partial charge on any atom is 0.338 e. The van der Waals surface area contributed by atoms with Crippen molar-refractivity contribution in [2.24, 2.45) is 4.99 Å². The fourth-order valence-corrected chi connectivity index (χ4v) is 6.37. The second kappa shape index (κ2) is 13.9. The molecule has 5 aromatic rings. The predicted octanol–water partition coefficient (Wildman–Crippen LogP) is 5.67. The van der Waals surface area contributed by atoms with E-state index in [9.17, 15) is 14.0 Å². The Morgan fingerprint density at radius 1 is 0.936 bits per heavy atom. The molecule has 0 radical (unpaired) electrons. The summed E-state index contributed by atoms with van der Waals surface area (Å²) in [6.07, 6.45) is 1.77. The number of fused-ring (bicyclic) bond motifs is 1. The third-order valence-corrected chi connectivity index (χ3v) is 8.55. The molecule has 1 aliphatic heterocycles. The van der Waals surface area contributed by atoms with Crippen LogP contribution in [0.25, 0.3) is 11.8 Å². The summed E-state index contributed by atoms with van der Waals surface area (Å²) in [7, 11) is 3.07. The van der Waals surface area contributed by atoms with Crippen LogP contribution in [0.4, 0.5) is 4.39 Å². The van der Waals surface area contributed by atoms with E-state index in [1.807, 2.05) is 54.6 Å². The molecule has 10 heteroatoms. The summed E-state index contributed by atoms with van der Waals surface area (Å²) in [6, 6.07) is 27.3. The topological polar surface area (TPSA) is 88.4 Å².